The van der Waals surface area contributed by atoms with Gasteiger partial charge in [0.15, 0.2) is 11.7 Å². The van der Waals surface area contributed by atoms with E-state index in [0.29, 0.717) is 36.1 Å². The summed E-state index contributed by atoms with van der Waals surface area (Å²) in [5.41, 5.74) is 0.806. The molecule has 0 fully saturated rings. The number of benzene rings is 1. The van der Waals surface area contributed by atoms with Crippen LogP contribution in [0.1, 0.15) is 12.3 Å². The van der Waals surface area contributed by atoms with Gasteiger partial charge in [0.2, 0.25) is 5.91 Å². The first-order chi connectivity index (χ1) is 10.6. The summed E-state index contributed by atoms with van der Waals surface area (Å²) in [5.74, 6) is 1.25. The van der Waals surface area contributed by atoms with Crippen LogP contribution in [0.3, 0.4) is 0 Å². The Morgan fingerprint density at radius 2 is 2.04 bits per heavy atom. The van der Waals surface area contributed by atoms with E-state index in [1.165, 1.54) is 0 Å². The molecule has 8 heteroatoms. The highest BCUT2D eigenvalue weighted by atomic mass is 35.5. The van der Waals surface area contributed by atoms with Crippen LogP contribution in [0.25, 0.3) is 11.3 Å². The van der Waals surface area contributed by atoms with Crippen molar-refractivity contribution in [3.63, 3.8) is 0 Å². The molecule has 5 nitrogen and oxygen atoms in total. The lowest BCUT2D eigenvalue weighted by Gasteiger charge is -2.16. The average Bonchev–Trinajstić information content (AvgIpc) is 2.99. The summed E-state index contributed by atoms with van der Waals surface area (Å²) in [4.78, 5) is 17.9. The Balaban J connectivity index is 0.00000264. The number of aromatic nitrogens is 1. The molecule has 0 unspecified atom stereocenters. The van der Waals surface area contributed by atoms with E-state index in [1.54, 1.807) is 24.2 Å². The van der Waals surface area contributed by atoms with Crippen molar-refractivity contribution in [2.75, 3.05) is 27.2 Å². The predicted molar refractivity (Wildman–Crippen MR) is 101 cm³/mol. The maximum absolute atomic E-state index is 12.0. The average molecular weight is 395 g/mol. The quantitative estimate of drug-likeness (QED) is 0.781. The number of halogens is 3. The number of carbonyl (C=O) groups excluding carboxylic acids is 1. The highest BCUT2D eigenvalue weighted by molar-refractivity contribution is 6.33. The molecule has 0 aliphatic heterocycles. The van der Waals surface area contributed by atoms with Crippen molar-refractivity contribution in [2.24, 2.45) is 0 Å². The van der Waals surface area contributed by atoms with Crippen LogP contribution in [-0.4, -0.2) is 43.0 Å². The number of nitrogens with one attached hydrogen (secondary N) is 1. The van der Waals surface area contributed by atoms with E-state index >= 15 is 0 Å². The van der Waals surface area contributed by atoms with Gasteiger partial charge in [-0.15, -0.1) is 24.8 Å². The third-order valence-corrected chi connectivity index (χ3v) is 3.70. The molecule has 1 aromatic carbocycles. The van der Waals surface area contributed by atoms with Crippen molar-refractivity contribution in [3.8, 4) is 11.3 Å². The van der Waals surface area contributed by atoms with Crippen LogP contribution in [0, 0.1) is 0 Å². The molecule has 0 aliphatic carbocycles. The van der Waals surface area contributed by atoms with Crippen LogP contribution in [-0.2, 0) is 11.2 Å². The number of rotatable bonds is 7. The highest BCUT2D eigenvalue weighted by Crippen LogP contribution is 2.28. The van der Waals surface area contributed by atoms with Gasteiger partial charge in [0.1, 0.15) is 0 Å². The monoisotopic (exact) mass is 393 g/mol. The lowest BCUT2D eigenvalue weighted by Crippen LogP contribution is -2.32. The van der Waals surface area contributed by atoms with Crippen LogP contribution in [0.15, 0.2) is 34.9 Å². The third kappa shape index (κ3) is 6.32. The largest absolute Gasteiger partial charge is 0.441 e. The lowest BCUT2D eigenvalue weighted by molar-refractivity contribution is -0.129. The first-order valence-corrected chi connectivity index (χ1v) is 7.57. The number of hydrogen-bond acceptors (Lipinski definition) is 4. The topological polar surface area (TPSA) is 58.4 Å². The van der Waals surface area contributed by atoms with Crippen LogP contribution in [0.5, 0.6) is 0 Å². The van der Waals surface area contributed by atoms with Crippen LogP contribution in [0.2, 0.25) is 5.02 Å². The molecule has 0 saturated heterocycles. The van der Waals surface area contributed by atoms with E-state index in [0.717, 1.165) is 12.1 Å². The number of hydrogen-bond donors (Lipinski definition) is 1. The van der Waals surface area contributed by atoms with Gasteiger partial charge in [0.05, 0.1) is 11.2 Å². The molecule has 24 heavy (non-hydrogen) atoms. The fourth-order valence-electron chi connectivity index (χ4n) is 2.02. The lowest BCUT2D eigenvalue weighted by atomic mass is 10.2. The normalized spacial score (nSPS) is 9.79. The van der Waals surface area contributed by atoms with Crippen molar-refractivity contribution >= 4 is 42.3 Å². The minimum Gasteiger partial charge on any atom is -0.441 e. The summed E-state index contributed by atoms with van der Waals surface area (Å²) in [5, 5.41) is 3.64. The molecule has 0 atom stereocenters. The molecule has 0 radical (unpaired) electrons. The van der Waals surface area contributed by atoms with Gasteiger partial charge in [0, 0.05) is 38.5 Å². The molecule has 1 heterocycles. The van der Waals surface area contributed by atoms with Crippen molar-refractivity contribution in [2.45, 2.75) is 12.8 Å². The Bertz CT molecular complexity index is 635. The summed E-state index contributed by atoms with van der Waals surface area (Å²) in [6.07, 6.45) is 2.50. The SMILES string of the molecule is CNCCN(C)C(=O)CCc1ncc(-c2ccccc2Cl)o1.Cl.Cl. The van der Waals surface area contributed by atoms with Crippen molar-refractivity contribution < 1.29 is 9.21 Å². The minimum absolute atomic E-state index is 0. The van der Waals surface area contributed by atoms with Gasteiger partial charge in [-0.2, -0.15) is 0 Å². The fraction of sp³-hybridized carbons (Fsp3) is 0.375. The highest BCUT2D eigenvalue weighted by Gasteiger charge is 2.13. The zero-order valence-corrected chi connectivity index (χ0v) is 16.0. The summed E-state index contributed by atoms with van der Waals surface area (Å²) in [6, 6.07) is 7.44. The van der Waals surface area contributed by atoms with E-state index in [-0.39, 0.29) is 30.7 Å². The molecule has 1 N–H and O–H groups in total. The second-order valence-corrected chi connectivity index (χ2v) is 5.42. The standard InChI is InChI=1S/C16H20ClN3O2.2ClH/c1-18-9-10-20(2)16(21)8-7-15-19-11-14(22-15)12-5-3-4-6-13(12)17;;/h3-6,11,18H,7-10H2,1-2H3;2*1H. The first kappa shape index (κ1) is 22.7. The zero-order valence-electron chi connectivity index (χ0n) is 13.6. The van der Waals surface area contributed by atoms with Crippen LogP contribution >= 0.6 is 36.4 Å². The van der Waals surface area contributed by atoms with Crippen molar-refractivity contribution in [1.29, 1.82) is 0 Å². The minimum atomic E-state index is 0. The molecule has 1 amide bonds. The maximum Gasteiger partial charge on any atom is 0.222 e. The molecule has 0 spiro atoms. The maximum atomic E-state index is 12.0. The second kappa shape index (κ2) is 11.3. The number of nitrogens with zero attached hydrogens (tertiary/aromatic N) is 2. The second-order valence-electron chi connectivity index (χ2n) is 5.02. The molecular formula is C16H22Cl3N3O2. The Kier molecular flexibility index (Phi) is 10.7. The molecule has 0 aliphatic rings. The summed E-state index contributed by atoms with van der Waals surface area (Å²) < 4.78 is 5.68. The van der Waals surface area contributed by atoms with E-state index in [1.807, 2.05) is 25.2 Å². The number of amides is 1. The van der Waals surface area contributed by atoms with E-state index in [9.17, 15) is 4.79 Å². The fourth-order valence-corrected chi connectivity index (χ4v) is 2.25. The smallest absolute Gasteiger partial charge is 0.222 e. The van der Waals surface area contributed by atoms with Crippen LogP contribution < -0.4 is 5.32 Å². The number of carbonyl (C=O) groups is 1. The molecule has 1 aromatic heterocycles. The molecule has 2 aromatic rings. The molecule has 0 saturated carbocycles. The number of aryl methyl sites for hydroxylation is 1. The van der Waals surface area contributed by atoms with Gasteiger partial charge in [-0.05, 0) is 19.2 Å². The van der Waals surface area contributed by atoms with Gasteiger partial charge < -0.3 is 14.6 Å². The molecular weight excluding hydrogens is 373 g/mol. The first-order valence-electron chi connectivity index (χ1n) is 7.20. The predicted octanol–water partition coefficient (Wildman–Crippen LogP) is 3.45. The van der Waals surface area contributed by atoms with E-state index in [4.69, 9.17) is 16.0 Å². The summed E-state index contributed by atoms with van der Waals surface area (Å²) in [7, 11) is 3.66. The molecule has 0 bridgehead atoms. The Hall–Kier alpha value is -1.27. The van der Waals surface area contributed by atoms with Gasteiger partial charge >= 0.3 is 0 Å². The number of likely N-dealkylation sites (N-methyl/N-ethyl adjacent to an activating group) is 2. The molecule has 134 valence electrons. The van der Waals surface area contributed by atoms with Gasteiger partial charge in [-0.1, -0.05) is 23.7 Å². The van der Waals surface area contributed by atoms with E-state index < -0.39 is 0 Å². The third-order valence-electron chi connectivity index (χ3n) is 3.37. The van der Waals surface area contributed by atoms with Crippen molar-refractivity contribution in [1.82, 2.24) is 15.2 Å². The van der Waals surface area contributed by atoms with Gasteiger partial charge in [-0.25, -0.2) is 4.98 Å². The Labute approximate surface area is 159 Å². The molecule has 2 rings (SSSR count). The van der Waals surface area contributed by atoms with E-state index in [2.05, 4.69) is 10.3 Å². The Morgan fingerprint density at radius 3 is 2.71 bits per heavy atom. The van der Waals surface area contributed by atoms with Gasteiger partial charge in [0.25, 0.3) is 0 Å². The van der Waals surface area contributed by atoms with Gasteiger partial charge in [-0.3, -0.25) is 4.79 Å². The summed E-state index contributed by atoms with van der Waals surface area (Å²) >= 11 is 6.13. The van der Waals surface area contributed by atoms with Crippen LogP contribution in [0.4, 0.5) is 0 Å². The van der Waals surface area contributed by atoms with Crippen molar-refractivity contribution in [3.05, 3.63) is 41.4 Å². The zero-order chi connectivity index (χ0) is 15.9. The summed E-state index contributed by atoms with van der Waals surface area (Å²) in [6.45, 7) is 1.46. The Morgan fingerprint density at radius 1 is 1.33 bits per heavy atom. The number of oxazole rings is 1.